The number of carbonyl (C=O) groups excluding carboxylic acids is 1. The van der Waals surface area contributed by atoms with Crippen LogP contribution in [0.15, 0.2) is 12.3 Å². The second kappa shape index (κ2) is 7.26. The monoisotopic (exact) mass is 310 g/mol. The minimum atomic E-state index is -0.580. The van der Waals surface area contributed by atoms with E-state index in [2.05, 4.69) is 15.6 Å². The van der Waals surface area contributed by atoms with E-state index in [1.54, 1.807) is 0 Å². The number of pyridine rings is 1. The molecule has 114 valence electrons. The number of nitrogens with one attached hydrogen (secondary N) is 2. The van der Waals surface area contributed by atoms with Crippen molar-refractivity contribution in [2.45, 2.75) is 13.3 Å². The first-order chi connectivity index (χ1) is 10.1. The van der Waals surface area contributed by atoms with Crippen molar-refractivity contribution in [3.05, 3.63) is 27.9 Å². The van der Waals surface area contributed by atoms with Gasteiger partial charge in [-0.15, -0.1) is 0 Å². The third-order valence-corrected chi connectivity index (χ3v) is 4.49. The quantitative estimate of drug-likeness (QED) is 0.615. The largest absolute Gasteiger partial charge is 0.370 e. The standard InChI is InChI=1S/C13H18N4O3S/c1-2-14-12-5-10(11(7-15-12)17(19)20)13(18)16-6-9-3-4-21-8-9/h5,7,9H,2-4,6,8H2,1H3,(H,14,15)(H,16,18). The van der Waals surface area contributed by atoms with Crippen LogP contribution in [0.2, 0.25) is 0 Å². The zero-order valence-corrected chi connectivity index (χ0v) is 12.6. The van der Waals surface area contributed by atoms with Gasteiger partial charge in [0.2, 0.25) is 0 Å². The summed E-state index contributed by atoms with van der Waals surface area (Å²) in [4.78, 5) is 26.6. The summed E-state index contributed by atoms with van der Waals surface area (Å²) in [6.07, 6.45) is 2.20. The molecule has 0 bridgehead atoms. The third-order valence-electron chi connectivity index (χ3n) is 3.26. The van der Waals surface area contributed by atoms with Gasteiger partial charge in [-0.25, -0.2) is 4.98 Å². The molecule has 0 aromatic carbocycles. The molecule has 1 aliphatic heterocycles. The number of nitro groups is 1. The SMILES string of the molecule is CCNc1cc(C(=O)NCC2CCSC2)c([N+](=O)[O-])cn1. The van der Waals surface area contributed by atoms with E-state index in [1.807, 2.05) is 18.7 Å². The molecule has 0 aliphatic carbocycles. The fourth-order valence-corrected chi connectivity index (χ4v) is 3.41. The van der Waals surface area contributed by atoms with Crippen LogP contribution in [0, 0.1) is 16.0 Å². The van der Waals surface area contributed by atoms with E-state index in [0.717, 1.165) is 24.1 Å². The van der Waals surface area contributed by atoms with Crippen LogP contribution in [-0.4, -0.2) is 40.4 Å². The van der Waals surface area contributed by atoms with Crippen molar-refractivity contribution < 1.29 is 9.72 Å². The summed E-state index contributed by atoms with van der Waals surface area (Å²) in [7, 11) is 0. The molecule has 21 heavy (non-hydrogen) atoms. The Morgan fingerprint density at radius 2 is 2.43 bits per heavy atom. The van der Waals surface area contributed by atoms with E-state index >= 15 is 0 Å². The maximum Gasteiger partial charge on any atom is 0.300 e. The lowest BCUT2D eigenvalue weighted by molar-refractivity contribution is -0.385. The molecule has 2 heterocycles. The van der Waals surface area contributed by atoms with Crippen LogP contribution < -0.4 is 10.6 Å². The Balaban J connectivity index is 2.12. The van der Waals surface area contributed by atoms with E-state index in [1.165, 1.54) is 6.07 Å². The number of rotatable bonds is 6. The molecule has 0 saturated carbocycles. The van der Waals surface area contributed by atoms with Crippen molar-refractivity contribution in [1.82, 2.24) is 10.3 Å². The van der Waals surface area contributed by atoms with E-state index in [-0.39, 0.29) is 11.3 Å². The van der Waals surface area contributed by atoms with Gasteiger partial charge >= 0.3 is 0 Å². The van der Waals surface area contributed by atoms with Crippen LogP contribution in [0.4, 0.5) is 11.5 Å². The van der Waals surface area contributed by atoms with E-state index < -0.39 is 10.8 Å². The van der Waals surface area contributed by atoms with Gasteiger partial charge in [-0.1, -0.05) is 0 Å². The van der Waals surface area contributed by atoms with Gasteiger partial charge in [0.1, 0.15) is 17.6 Å². The summed E-state index contributed by atoms with van der Waals surface area (Å²) in [5, 5.41) is 16.8. The average Bonchev–Trinajstić information content (AvgIpc) is 2.98. The molecule has 1 unspecified atom stereocenters. The van der Waals surface area contributed by atoms with Crippen molar-refractivity contribution in [3.63, 3.8) is 0 Å². The Bertz CT molecular complexity index is 532. The summed E-state index contributed by atoms with van der Waals surface area (Å²) in [6, 6.07) is 1.43. The number of aromatic nitrogens is 1. The Morgan fingerprint density at radius 3 is 3.05 bits per heavy atom. The lowest BCUT2D eigenvalue weighted by Gasteiger charge is -2.11. The summed E-state index contributed by atoms with van der Waals surface area (Å²) in [5.74, 6) is 2.64. The second-order valence-corrected chi connectivity index (χ2v) is 5.96. The average molecular weight is 310 g/mol. The lowest BCUT2D eigenvalue weighted by atomic mass is 10.1. The van der Waals surface area contributed by atoms with Crippen molar-refractivity contribution in [1.29, 1.82) is 0 Å². The van der Waals surface area contributed by atoms with Gasteiger partial charge < -0.3 is 10.6 Å². The first kappa shape index (κ1) is 15.6. The molecule has 1 aromatic heterocycles. The Morgan fingerprint density at radius 1 is 1.62 bits per heavy atom. The fourth-order valence-electron chi connectivity index (χ4n) is 2.13. The summed E-state index contributed by atoms with van der Waals surface area (Å²) >= 11 is 1.87. The van der Waals surface area contributed by atoms with Crippen LogP contribution in [0.3, 0.4) is 0 Å². The first-order valence-electron chi connectivity index (χ1n) is 6.86. The van der Waals surface area contributed by atoms with Gasteiger partial charge in [-0.3, -0.25) is 14.9 Å². The van der Waals surface area contributed by atoms with E-state index in [0.29, 0.717) is 24.8 Å². The fraction of sp³-hybridized carbons (Fsp3) is 0.538. The predicted octanol–water partition coefficient (Wildman–Crippen LogP) is 1.90. The zero-order valence-electron chi connectivity index (χ0n) is 11.8. The normalized spacial score (nSPS) is 17.5. The predicted molar refractivity (Wildman–Crippen MR) is 82.8 cm³/mol. The maximum atomic E-state index is 12.2. The van der Waals surface area contributed by atoms with Crippen molar-refractivity contribution in [2.24, 2.45) is 5.92 Å². The molecule has 0 radical (unpaired) electrons. The highest BCUT2D eigenvalue weighted by Gasteiger charge is 2.23. The summed E-state index contributed by atoms with van der Waals surface area (Å²) < 4.78 is 0. The van der Waals surface area contributed by atoms with Crippen LogP contribution >= 0.6 is 11.8 Å². The summed E-state index contributed by atoms with van der Waals surface area (Å²) in [5.41, 5.74) is -0.216. The van der Waals surface area contributed by atoms with Crippen LogP contribution in [0.25, 0.3) is 0 Å². The molecular weight excluding hydrogens is 292 g/mol. The van der Waals surface area contributed by atoms with Gasteiger partial charge in [0.15, 0.2) is 0 Å². The number of amides is 1. The molecule has 1 atom stereocenters. The van der Waals surface area contributed by atoms with Gasteiger partial charge in [0.25, 0.3) is 11.6 Å². The molecule has 2 rings (SSSR count). The highest BCUT2D eigenvalue weighted by Crippen LogP contribution is 2.23. The number of nitrogens with zero attached hydrogens (tertiary/aromatic N) is 2. The summed E-state index contributed by atoms with van der Waals surface area (Å²) in [6.45, 7) is 3.08. The van der Waals surface area contributed by atoms with Gasteiger partial charge in [-0.05, 0) is 30.8 Å². The van der Waals surface area contributed by atoms with Crippen LogP contribution in [-0.2, 0) is 0 Å². The molecule has 1 amide bonds. The highest BCUT2D eigenvalue weighted by atomic mass is 32.2. The van der Waals surface area contributed by atoms with Crippen molar-refractivity contribution in [3.8, 4) is 0 Å². The Kier molecular flexibility index (Phi) is 5.38. The zero-order chi connectivity index (χ0) is 15.2. The molecule has 8 heteroatoms. The lowest BCUT2D eigenvalue weighted by Crippen LogP contribution is -2.30. The number of hydrogen-bond donors (Lipinski definition) is 2. The van der Waals surface area contributed by atoms with Crippen LogP contribution in [0.5, 0.6) is 0 Å². The van der Waals surface area contributed by atoms with Gasteiger partial charge in [-0.2, -0.15) is 11.8 Å². The number of hydrogen-bond acceptors (Lipinski definition) is 6. The number of carbonyl (C=O) groups is 1. The first-order valence-corrected chi connectivity index (χ1v) is 8.01. The molecule has 1 fully saturated rings. The van der Waals surface area contributed by atoms with Crippen molar-refractivity contribution >= 4 is 29.2 Å². The molecule has 7 nitrogen and oxygen atoms in total. The third kappa shape index (κ3) is 4.07. The molecule has 2 N–H and O–H groups in total. The van der Waals surface area contributed by atoms with E-state index in [9.17, 15) is 14.9 Å². The highest BCUT2D eigenvalue weighted by molar-refractivity contribution is 7.99. The Hall–Kier alpha value is -1.83. The smallest absolute Gasteiger partial charge is 0.300 e. The number of anilines is 1. The molecule has 1 aliphatic rings. The molecular formula is C13H18N4O3S. The van der Waals surface area contributed by atoms with Gasteiger partial charge in [0.05, 0.1) is 4.92 Å². The van der Waals surface area contributed by atoms with Gasteiger partial charge in [0, 0.05) is 19.2 Å². The second-order valence-electron chi connectivity index (χ2n) is 4.81. The molecule has 1 aromatic rings. The number of thioether (sulfide) groups is 1. The molecule has 1 saturated heterocycles. The topological polar surface area (TPSA) is 97.2 Å². The molecule has 0 spiro atoms. The maximum absolute atomic E-state index is 12.2. The Labute approximate surface area is 127 Å². The van der Waals surface area contributed by atoms with E-state index in [4.69, 9.17) is 0 Å². The van der Waals surface area contributed by atoms with Crippen molar-refractivity contribution in [2.75, 3.05) is 29.9 Å². The van der Waals surface area contributed by atoms with Crippen LogP contribution in [0.1, 0.15) is 23.7 Å². The minimum Gasteiger partial charge on any atom is -0.370 e. The minimum absolute atomic E-state index is 0.0524.